The predicted octanol–water partition coefficient (Wildman–Crippen LogP) is 3.09. The van der Waals surface area contributed by atoms with Gasteiger partial charge >= 0.3 is 0 Å². The van der Waals surface area contributed by atoms with Crippen LogP contribution < -0.4 is 5.32 Å². The summed E-state index contributed by atoms with van der Waals surface area (Å²) in [6.07, 6.45) is 0. The Morgan fingerprint density at radius 1 is 1.29 bits per heavy atom. The van der Waals surface area contributed by atoms with Crippen LogP contribution in [-0.4, -0.2) is 5.79 Å². The molecule has 0 saturated carbocycles. The molecular weight excluding hydrogens is 184 g/mol. The van der Waals surface area contributed by atoms with Crippen LogP contribution in [0.15, 0.2) is 30.8 Å². The molecule has 0 spiro atoms. The van der Waals surface area contributed by atoms with Crippen LogP contribution in [0.2, 0.25) is 0 Å². The predicted molar refractivity (Wildman–Crippen MR) is 53.8 cm³/mol. The standard InChI is InChI=1S/C11H13F2N/c1-8(14-11(2,3)13)9-4-6-10(12)7-5-9/h4-7,14H,1H2,2-3H3. The number of hydrogen-bond acceptors (Lipinski definition) is 1. The highest BCUT2D eigenvalue weighted by atomic mass is 19.1. The van der Waals surface area contributed by atoms with E-state index in [4.69, 9.17) is 0 Å². The van der Waals surface area contributed by atoms with Crippen LogP contribution in [0.4, 0.5) is 8.78 Å². The van der Waals surface area contributed by atoms with Gasteiger partial charge in [-0.25, -0.2) is 8.78 Å². The molecule has 0 aromatic heterocycles. The van der Waals surface area contributed by atoms with Gasteiger partial charge in [0.25, 0.3) is 0 Å². The summed E-state index contributed by atoms with van der Waals surface area (Å²) in [6.45, 7) is 6.45. The van der Waals surface area contributed by atoms with Crippen molar-refractivity contribution in [2.75, 3.05) is 0 Å². The van der Waals surface area contributed by atoms with Crippen LogP contribution in [0.5, 0.6) is 0 Å². The molecule has 0 atom stereocenters. The van der Waals surface area contributed by atoms with E-state index in [0.717, 1.165) is 0 Å². The summed E-state index contributed by atoms with van der Waals surface area (Å²) in [5.41, 5.74) is 1.12. The topological polar surface area (TPSA) is 12.0 Å². The maximum absolute atomic E-state index is 13.2. The average Bonchev–Trinajstić information content (AvgIpc) is 2.02. The van der Waals surface area contributed by atoms with Gasteiger partial charge in [0, 0.05) is 5.70 Å². The molecule has 3 heteroatoms. The molecule has 0 unspecified atom stereocenters. The van der Waals surface area contributed by atoms with Crippen LogP contribution in [-0.2, 0) is 0 Å². The number of hydrogen-bond donors (Lipinski definition) is 1. The summed E-state index contributed by atoms with van der Waals surface area (Å²) in [5, 5.41) is 2.57. The van der Waals surface area contributed by atoms with E-state index in [1.54, 1.807) is 12.1 Å². The highest BCUT2D eigenvalue weighted by Gasteiger charge is 2.15. The zero-order valence-electron chi connectivity index (χ0n) is 8.27. The zero-order valence-corrected chi connectivity index (χ0v) is 8.27. The Morgan fingerprint density at radius 3 is 2.21 bits per heavy atom. The van der Waals surface area contributed by atoms with Gasteiger partial charge in [0.05, 0.1) is 0 Å². The van der Waals surface area contributed by atoms with Crippen molar-refractivity contribution < 1.29 is 8.78 Å². The fourth-order valence-corrected chi connectivity index (χ4v) is 1.08. The van der Waals surface area contributed by atoms with Crippen molar-refractivity contribution in [1.29, 1.82) is 0 Å². The van der Waals surface area contributed by atoms with Crippen LogP contribution in [0.1, 0.15) is 19.4 Å². The van der Waals surface area contributed by atoms with Crippen molar-refractivity contribution in [2.45, 2.75) is 19.6 Å². The van der Waals surface area contributed by atoms with Crippen molar-refractivity contribution in [1.82, 2.24) is 5.32 Å². The van der Waals surface area contributed by atoms with E-state index >= 15 is 0 Å². The molecule has 0 aliphatic heterocycles. The number of benzene rings is 1. The number of nitrogens with one attached hydrogen (secondary N) is 1. The Hall–Kier alpha value is -1.38. The van der Waals surface area contributed by atoms with Crippen LogP contribution in [0, 0.1) is 5.82 Å². The van der Waals surface area contributed by atoms with Gasteiger partial charge < -0.3 is 5.32 Å². The van der Waals surface area contributed by atoms with E-state index in [-0.39, 0.29) is 5.82 Å². The van der Waals surface area contributed by atoms with Gasteiger partial charge in [-0.05, 0) is 31.5 Å². The second kappa shape index (κ2) is 3.78. The van der Waals surface area contributed by atoms with Crippen LogP contribution in [0.25, 0.3) is 5.70 Å². The maximum atomic E-state index is 13.2. The lowest BCUT2D eigenvalue weighted by Crippen LogP contribution is -2.32. The van der Waals surface area contributed by atoms with Crippen molar-refractivity contribution >= 4 is 5.70 Å². The molecule has 0 amide bonds. The fourth-order valence-electron chi connectivity index (χ4n) is 1.08. The summed E-state index contributed by atoms with van der Waals surface area (Å²) in [5.74, 6) is -1.84. The third-order valence-corrected chi connectivity index (χ3v) is 1.64. The minimum absolute atomic E-state index is 0.318. The summed E-state index contributed by atoms with van der Waals surface area (Å²) in [6, 6.07) is 5.73. The lowest BCUT2D eigenvalue weighted by atomic mass is 10.1. The summed E-state index contributed by atoms with van der Waals surface area (Å²) < 4.78 is 25.7. The maximum Gasteiger partial charge on any atom is 0.174 e. The number of halogens is 2. The Balaban J connectivity index is 2.76. The largest absolute Gasteiger partial charge is 0.354 e. The first-order valence-electron chi connectivity index (χ1n) is 4.30. The number of alkyl halides is 1. The Kier molecular flexibility index (Phi) is 2.89. The third-order valence-electron chi connectivity index (χ3n) is 1.64. The Morgan fingerprint density at radius 2 is 1.79 bits per heavy atom. The summed E-state index contributed by atoms with van der Waals surface area (Å²) in [7, 11) is 0. The van der Waals surface area contributed by atoms with Gasteiger partial charge in [-0.1, -0.05) is 18.7 Å². The SMILES string of the molecule is C=C(NC(C)(C)F)c1ccc(F)cc1. The molecule has 0 radical (unpaired) electrons. The first-order chi connectivity index (χ1) is 6.38. The van der Waals surface area contributed by atoms with Crippen LogP contribution in [0.3, 0.4) is 0 Å². The van der Waals surface area contributed by atoms with Gasteiger partial charge in [0.15, 0.2) is 5.79 Å². The highest BCUT2D eigenvalue weighted by molar-refractivity contribution is 5.61. The molecule has 1 rings (SSSR count). The minimum atomic E-state index is -1.52. The first-order valence-corrected chi connectivity index (χ1v) is 4.30. The normalized spacial score (nSPS) is 11.1. The molecule has 0 aliphatic rings. The fraction of sp³-hybridized carbons (Fsp3) is 0.273. The monoisotopic (exact) mass is 197 g/mol. The minimum Gasteiger partial charge on any atom is -0.354 e. The van der Waals surface area contributed by atoms with Crippen LogP contribution >= 0.6 is 0 Å². The highest BCUT2D eigenvalue weighted by Crippen LogP contribution is 2.15. The zero-order chi connectivity index (χ0) is 10.8. The van der Waals surface area contributed by atoms with Gasteiger partial charge in [-0.3, -0.25) is 0 Å². The average molecular weight is 197 g/mol. The molecule has 0 heterocycles. The summed E-state index contributed by atoms with van der Waals surface area (Å²) >= 11 is 0. The van der Waals surface area contributed by atoms with E-state index < -0.39 is 5.79 Å². The molecule has 1 aromatic rings. The molecule has 1 nitrogen and oxygen atoms in total. The van der Waals surface area contributed by atoms with E-state index in [1.807, 2.05) is 0 Å². The second-order valence-electron chi connectivity index (χ2n) is 3.58. The lowest BCUT2D eigenvalue weighted by molar-refractivity contribution is 0.192. The molecule has 76 valence electrons. The smallest absolute Gasteiger partial charge is 0.174 e. The molecular formula is C11H13F2N. The van der Waals surface area contributed by atoms with Crippen molar-refractivity contribution in [3.63, 3.8) is 0 Å². The molecule has 1 N–H and O–H groups in total. The van der Waals surface area contributed by atoms with E-state index in [2.05, 4.69) is 11.9 Å². The van der Waals surface area contributed by atoms with Gasteiger partial charge in [0.1, 0.15) is 5.82 Å². The number of rotatable bonds is 3. The van der Waals surface area contributed by atoms with E-state index in [1.165, 1.54) is 26.0 Å². The van der Waals surface area contributed by atoms with E-state index in [9.17, 15) is 8.78 Å². The first kappa shape index (κ1) is 10.7. The molecule has 0 aliphatic carbocycles. The van der Waals surface area contributed by atoms with Crippen molar-refractivity contribution in [2.24, 2.45) is 0 Å². The van der Waals surface area contributed by atoms with Gasteiger partial charge in [0.2, 0.25) is 0 Å². The molecule has 0 bridgehead atoms. The molecule has 0 fully saturated rings. The Labute approximate surface area is 82.4 Å². The van der Waals surface area contributed by atoms with Gasteiger partial charge in [-0.15, -0.1) is 0 Å². The van der Waals surface area contributed by atoms with Gasteiger partial charge in [-0.2, -0.15) is 0 Å². The third kappa shape index (κ3) is 3.17. The molecule has 0 saturated heterocycles. The Bertz CT molecular complexity index is 322. The quantitative estimate of drug-likeness (QED) is 0.734. The second-order valence-corrected chi connectivity index (χ2v) is 3.58. The lowest BCUT2D eigenvalue weighted by Gasteiger charge is -2.19. The van der Waals surface area contributed by atoms with E-state index in [0.29, 0.717) is 11.3 Å². The molecule has 1 aromatic carbocycles. The summed E-state index contributed by atoms with van der Waals surface area (Å²) in [4.78, 5) is 0. The molecule has 14 heavy (non-hydrogen) atoms. The van der Waals surface area contributed by atoms with Crippen molar-refractivity contribution in [3.8, 4) is 0 Å². The van der Waals surface area contributed by atoms with Crippen molar-refractivity contribution in [3.05, 3.63) is 42.2 Å².